The van der Waals surface area contributed by atoms with Gasteiger partial charge in [-0.2, -0.15) is 5.10 Å². The summed E-state index contributed by atoms with van der Waals surface area (Å²) in [6.45, 7) is 7.95. The molecule has 0 radical (unpaired) electrons. The summed E-state index contributed by atoms with van der Waals surface area (Å²) < 4.78 is 1.32. The Morgan fingerprint density at radius 1 is 1.13 bits per heavy atom. The van der Waals surface area contributed by atoms with Crippen LogP contribution in [-0.4, -0.2) is 56.7 Å². The number of aryl methyl sites for hydroxylation is 3. The third-order valence-corrected chi connectivity index (χ3v) is 6.99. The van der Waals surface area contributed by atoms with E-state index in [1.54, 1.807) is 19.3 Å². The SMILES string of the molecule is Cc1nc(-c2c(C)c(C)nn(C)c2=O)sc1C(=O)N1CCN(c2ncccc2Cl)CC1. The molecule has 1 saturated heterocycles. The van der Waals surface area contributed by atoms with Gasteiger partial charge in [0.25, 0.3) is 11.5 Å². The predicted molar refractivity (Wildman–Crippen MR) is 122 cm³/mol. The summed E-state index contributed by atoms with van der Waals surface area (Å²) in [6, 6.07) is 3.62. The fraction of sp³-hybridized carbons (Fsp3) is 0.381. The second-order valence-electron chi connectivity index (χ2n) is 7.54. The van der Waals surface area contributed by atoms with Gasteiger partial charge in [-0.3, -0.25) is 9.59 Å². The van der Waals surface area contributed by atoms with Crippen molar-refractivity contribution >= 4 is 34.7 Å². The molecule has 3 aromatic rings. The number of piperazine rings is 1. The quantitative estimate of drug-likeness (QED) is 0.600. The van der Waals surface area contributed by atoms with E-state index in [4.69, 9.17) is 11.6 Å². The van der Waals surface area contributed by atoms with Gasteiger partial charge >= 0.3 is 0 Å². The average Bonchev–Trinajstić information content (AvgIpc) is 3.13. The zero-order valence-electron chi connectivity index (χ0n) is 17.8. The van der Waals surface area contributed by atoms with Crippen LogP contribution in [0.5, 0.6) is 0 Å². The van der Waals surface area contributed by atoms with E-state index in [9.17, 15) is 9.59 Å². The molecule has 3 aromatic heterocycles. The highest BCUT2D eigenvalue weighted by molar-refractivity contribution is 7.17. The molecule has 4 heterocycles. The number of nitrogens with zero attached hydrogens (tertiary/aromatic N) is 6. The third kappa shape index (κ3) is 3.95. The Morgan fingerprint density at radius 3 is 2.52 bits per heavy atom. The number of hydrogen-bond acceptors (Lipinski definition) is 7. The van der Waals surface area contributed by atoms with E-state index in [0.29, 0.717) is 52.3 Å². The van der Waals surface area contributed by atoms with Crippen molar-refractivity contribution in [1.29, 1.82) is 0 Å². The van der Waals surface area contributed by atoms with E-state index < -0.39 is 0 Å². The predicted octanol–water partition coefficient (Wildman–Crippen LogP) is 2.84. The molecule has 1 aliphatic heterocycles. The minimum Gasteiger partial charge on any atom is -0.352 e. The number of thiazole rings is 1. The lowest BCUT2D eigenvalue weighted by Gasteiger charge is -2.35. The number of carbonyl (C=O) groups is 1. The normalized spacial score (nSPS) is 14.2. The minimum absolute atomic E-state index is 0.0618. The van der Waals surface area contributed by atoms with Crippen molar-refractivity contribution < 1.29 is 4.79 Å². The Bertz CT molecular complexity index is 1210. The third-order valence-electron chi connectivity index (χ3n) is 5.54. The van der Waals surface area contributed by atoms with Gasteiger partial charge in [0, 0.05) is 39.4 Å². The van der Waals surface area contributed by atoms with Gasteiger partial charge < -0.3 is 9.80 Å². The molecule has 0 aliphatic carbocycles. The molecule has 0 aromatic carbocycles. The molecule has 4 rings (SSSR count). The average molecular weight is 459 g/mol. The van der Waals surface area contributed by atoms with Crippen LogP contribution in [0.3, 0.4) is 0 Å². The van der Waals surface area contributed by atoms with Crippen LogP contribution >= 0.6 is 22.9 Å². The van der Waals surface area contributed by atoms with Crippen molar-refractivity contribution in [3.63, 3.8) is 0 Å². The molecular weight excluding hydrogens is 436 g/mol. The van der Waals surface area contributed by atoms with Crippen molar-refractivity contribution in [2.24, 2.45) is 7.05 Å². The molecule has 162 valence electrons. The van der Waals surface area contributed by atoms with E-state index >= 15 is 0 Å². The van der Waals surface area contributed by atoms with Crippen LogP contribution in [0.2, 0.25) is 5.02 Å². The molecule has 10 heteroatoms. The maximum Gasteiger partial charge on any atom is 0.277 e. The number of pyridine rings is 1. The Labute approximate surface area is 189 Å². The lowest BCUT2D eigenvalue weighted by Crippen LogP contribution is -2.49. The van der Waals surface area contributed by atoms with Gasteiger partial charge in [-0.15, -0.1) is 11.3 Å². The number of rotatable bonds is 3. The van der Waals surface area contributed by atoms with Gasteiger partial charge in [-0.25, -0.2) is 14.6 Å². The maximum absolute atomic E-state index is 13.2. The first-order valence-corrected chi connectivity index (χ1v) is 11.1. The summed E-state index contributed by atoms with van der Waals surface area (Å²) in [5.74, 6) is 0.681. The molecule has 1 amide bonds. The molecule has 8 nitrogen and oxygen atoms in total. The molecule has 0 spiro atoms. The fourth-order valence-electron chi connectivity index (χ4n) is 3.68. The van der Waals surface area contributed by atoms with Crippen molar-refractivity contribution in [3.05, 3.63) is 55.5 Å². The summed E-state index contributed by atoms with van der Waals surface area (Å²) in [5.41, 5.74) is 2.49. The van der Waals surface area contributed by atoms with Crippen LogP contribution in [0.15, 0.2) is 23.1 Å². The van der Waals surface area contributed by atoms with Crippen molar-refractivity contribution in [1.82, 2.24) is 24.6 Å². The second-order valence-corrected chi connectivity index (χ2v) is 8.94. The standard InChI is InChI=1S/C21H23ClN6O2S/c1-12-13(2)25-26(4)20(29)16(12)19-24-14(3)17(31-19)21(30)28-10-8-27(9-11-28)18-15(22)6-5-7-23-18/h5-7H,8-11H2,1-4H3. The maximum atomic E-state index is 13.2. The van der Waals surface area contributed by atoms with E-state index in [1.165, 1.54) is 16.0 Å². The number of anilines is 1. The Hall–Kier alpha value is -2.78. The Balaban J connectivity index is 1.56. The molecule has 0 atom stereocenters. The van der Waals surface area contributed by atoms with Gasteiger partial charge in [0.15, 0.2) is 0 Å². The Kier molecular flexibility index (Phi) is 5.81. The van der Waals surface area contributed by atoms with E-state index in [0.717, 1.165) is 17.1 Å². The second kappa shape index (κ2) is 8.39. The fourth-order valence-corrected chi connectivity index (χ4v) is 5.05. The molecule has 31 heavy (non-hydrogen) atoms. The van der Waals surface area contributed by atoms with Gasteiger partial charge in [0.1, 0.15) is 15.7 Å². The number of hydrogen-bond donors (Lipinski definition) is 0. The monoisotopic (exact) mass is 458 g/mol. The number of carbonyl (C=O) groups excluding carboxylic acids is 1. The van der Waals surface area contributed by atoms with Crippen LogP contribution in [-0.2, 0) is 7.05 Å². The summed E-state index contributed by atoms with van der Waals surface area (Å²) in [7, 11) is 1.62. The highest BCUT2D eigenvalue weighted by atomic mass is 35.5. The van der Waals surface area contributed by atoms with Crippen molar-refractivity contribution in [2.75, 3.05) is 31.1 Å². The van der Waals surface area contributed by atoms with E-state index in [-0.39, 0.29) is 11.5 Å². The molecule has 0 saturated carbocycles. The lowest BCUT2D eigenvalue weighted by molar-refractivity contribution is 0.0750. The van der Waals surface area contributed by atoms with Gasteiger partial charge in [0.2, 0.25) is 0 Å². The minimum atomic E-state index is -0.211. The number of aromatic nitrogens is 4. The van der Waals surface area contributed by atoms with Gasteiger partial charge in [-0.05, 0) is 38.5 Å². The summed E-state index contributed by atoms with van der Waals surface area (Å²) in [5, 5.41) is 5.39. The molecule has 0 N–H and O–H groups in total. The van der Waals surface area contributed by atoms with Crippen LogP contribution in [0.1, 0.15) is 26.6 Å². The largest absolute Gasteiger partial charge is 0.352 e. The van der Waals surface area contributed by atoms with Crippen molar-refractivity contribution in [2.45, 2.75) is 20.8 Å². The summed E-state index contributed by atoms with van der Waals surface area (Å²) in [6.07, 6.45) is 1.72. The first-order chi connectivity index (χ1) is 14.8. The molecule has 1 aliphatic rings. The van der Waals surface area contributed by atoms with Crippen LogP contribution in [0, 0.1) is 20.8 Å². The summed E-state index contributed by atoms with van der Waals surface area (Å²) in [4.78, 5) is 39.3. The van der Waals surface area contributed by atoms with Crippen LogP contribution in [0.25, 0.3) is 10.6 Å². The van der Waals surface area contributed by atoms with Gasteiger partial charge in [-0.1, -0.05) is 11.6 Å². The van der Waals surface area contributed by atoms with Gasteiger partial charge in [0.05, 0.1) is 22.0 Å². The Morgan fingerprint density at radius 2 is 1.84 bits per heavy atom. The molecule has 0 bridgehead atoms. The summed E-state index contributed by atoms with van der Waals surface area (Å²) >= 11 is 7.53. The van der Waals surface area contributed by atoms with Crippen molar-refractivity contribution in [3.8, 4) is 10.6 Å². The topological polar surface area (TPSA) is 84.2 Å². The highest BCUT2D eigenvalue weighted by Crippen LogP contribution is 2.30. The number of amides is 1. The molecule has 1 fully saturated rings. The highest BCUT2D eigenvalue weighted by Gasteiger charge is 2.28. The molecule has 0 unspecified atom stereocenters. The van der Waals surface area contributed by atoms with E-state index in [2.05, 4.69) is 20.0 Å². The lowest BCUT2D eigenvalue weighted by atomic mass is 10.1. The first kappa shape index (κ1) is 21.5. The first-order valence-electron chi connectivity index (χ1n) is 9.95. The smallest absolute Gasteiger partial charge is 0.277 e. The molecular formula is C21H23ClN6O2S. The van der Waals surface area contributed by atoms with Crippen LogP contribution in [0.4, 0.5) is 5.82 Å². The number of halogens is 1. The van der Waals surface area contributed by atoms with Crippen LogP contribution < -0.4 is 10.5 Å². The zero-order valence-corrected chi connectivity index (χ0v) is 19.4. The zero-order chi connectivity index (χ0) is 22.3. The van der Waals surface area contributed by atoms with E-state index in [1.807, 2.05) is 31.7 Å².